The van der Waals surface area contributed by atoms with E-state index in [0.717, 1.165) is 12.6 Å². The third-order valence-corrected chi connectivity index (χ3v) is 4.14. The van der Waals surface area contributed by atoms with Gasteiger partial charge in [0.2, 0.25) is 0 Å². The summed E-state index contributed by atoms with van der Waals surface area (Å²) in [6.45, 7) is 6.54. The van der Waals surface area contributed by atoms with Gasteiger partial charge in [-0.05, 0) is 44.8 Å². The van der Waals surface area contributed by atoms with Crippen molar-refractivity contribution < 1.29 is 0 Å². The molecule has 0 unspecified atom stereocenters. The maximum Gasteiger partial charge on any atom is 0.00922 e. The first-order valence-electron chi connectivity index (χ1n) is 6.95. The predicted octanol–water partition coefficient (Wildman–Crippen LogP) is 3.02. The molecular weight excluding hydrogens is 196 g/mol. The zero-order chi connectivity index (χ0) is 12.0. The van der Waals surface area contributed by atoms with E-state index in [-0.39, 0.29) is 0 Å². The van der Waals surface area contributed by atoms with Crippen molar-refractivity contribution in [2.75, 3.05) is 20.1 Å². The van der Waals surface area contributed by atoms with Crippen molar-refractivity contribution >= 4 is 0 Å². The summed E-state index contributed by atoms with van der Waals surface area (Å²) < 4.78 is 0. The van der Waals surface area contributed by atoms with Crippen LogP contribution < -0.4 is 5.73 Å². The van der Waals surface area contributed by atoms with Gasteiger partial charge < -0.3 is 10.6 Å². The maximum atomic E-state index is 5.78. The first kappa shape index (κ1) is 14.0. The molecule has 16 heavy (non-hydrogen) atoms. The second-order valence-electron chi connectivity index (χ2n) is 6.24. The zero-order valence-corrected chi connectivity index (χ0v) is 11.5. The standard InChI is InChI=1S/C14H30N2/c1-14(2,12-15)10-11-16(3)13-8-6-4-5-7-9-13/h13H,4-12,15H2,1-3H3. The number of hydrogen-bond acceptors (Lipinski definition) is 2. The lowest BCUT2D eigenvalue weighted by Gasteiger charge is -2.31. The third kappa shape index (κ3) is 4.84. The lowest BCUT2D eigenvalue weighted by molar-refractivity contribution is 0.187. The van der Waals surface area contributed by atoms with Crippen molar-refractivity contribution in [2.24, 2.45) is 11.1 Å². The highest BCUT2D eigenvalue weighted by Crippen LogP contribution is 2.23. The minimum Gasteiger partial charge on any atom is -0.330 e. The molecule has 1 aliphatic rings. The van der Waals surface area contributed by atoms with Crippen molar-refractivity contribution in [3.05, 3.63) is 0 Å². The summed E-state index contributed by atoms with van der Waals surface area (Å²) in [7, 11) is 2.29. The fourth-order valence-corrected chi connectivity index (χ4v) is 2.46. The Balaban J connectivity index is 2.30. The Bertz CT molecular complexity index is 181. The fourth-order valence-electron chi connectivity index (χ4n) is 2.46. The number of nitrogens with two attached hydrogens (primary N) is 1. The largest absolute Gasteiger partial charge is 0.330 e. The molecule has 1 saturated carbocycles. The SMILES string of the molecule is CN(CCC(C)(C)CN)C1CCCCCC1. The Labute approximate surface area is 102 Å². The lowest BCUT2D eigenvalue weighted by Crippen LogP contribution is -2.35. The van der Waals surface area contributed by atoms with E-state index in [0.29, 0.717) is 5.41 Å². The second kappa shape index (κ2) is 6.61. The van der Waals surface area contributed by atoms with Crippen LogP contribution in [0.2, 0.25) is 0 Å². The summed E-state index contributed by atoms with van der Waals surface area (Å²) in [4.78, 5) is 2.57. The Hall–Kier alpha value is -0.0800. The average Bonchev–Trinajstić information content (AvgIpc) is 2.54. The van der Waals surface area contributed by atoms with E-state index < -0.39 is 0 Å². The molecule has 0 amide bonds. The normalized spacial score (nSPS) is 20.1. The van der Waals surface area contributed by atoms with E-state index in [2.05, 4.69) is 25.8 Å². The van der Waals surface area contributed by atoms with Crippen LogP contribution in [0, 0.1) is 5.41 Å². The molecule has 0 radical (unpaired) electrons. The summed E-state index contributed by atoms with van der Waals surface area (Å²) >= 11 is 0. The molecule has 0 spiro atoms. The quantitative estimate of drug-likeness (QED) is 0.730. The summed E-state index contributed by atoms with van der Waals surface area (Å²) in [6, 6.07) is 0.830. The molecule has 0 aromatic heterocycles. The molecule has 2 nitrogen and oxygen atoms in total. The van der Waals surface area contributed by atoms with Gasteiger partial charge in [-0.2, -0.15) is 0 Å². The molecule has 0 bridgehead atoms. The molecule has 0 saturated heterocycles. The van der Waals surface area contributed by atoms with Crippen molar-refractivity contribution in [1.29, 1.82) is 0 Å². The lowest BCUT2D eigenvalue weighted by atomic mass is 9.89. The molecule has 0 atom stereocenters. The minimum absolute atomic E-state index is 0.305. The van der Waals surface area contributed by atoms with Crippen molar-refractivity contribution in [3.8, 4) is 0 Å². The molecular formula is C14H30N2. The molecule has 96 valence electrons. The molecule has 1 rings (SSSR count). The van der Waals surface area contributed by atoms with Crippen LogP contribution in [0.15, 0.2) is 0 Å². The summed E-state index contributed by atoms with van der Waals surface area (Å²) in [5.74, 6) is 0. The van der Waals surface area contributed by atoms with Crippen LogP contribution in [0.4, 0.5) is 0 Å². The van der Waals surface area contributed by atoms with Gasteiger partial charge in [0.1, 0.15) is 0 Å². The number of rotatable bonds is 5. The maximum absolute atomic E-state index is 5.78. The number of nitrogens with zero attached hydrogens (tertiary/aromatic N) is 1. The molecule has 0 aromatic carbocycles. The fraction of sp³-hybridized carbons (Fsp3) is 1.00. The molecule has 1 aliphatic carbocycles. The average molecular weight is 226 g/mol. The first-order chi connectivity index (χ1) is 7.55. The van der Waals surface area contributed by atoms with Crippen LogP contribution in [0.1, 0.15) is 58.8 Å². The molecule has 1 fully saturated rings. The van der Waals surface area contributed by atoms with Gasteiger partial charge in [-0.25, -0.2) is 0 Å². The van der Waals surface area contributed by atoms with Gasteiger partial charge in [-0.15, -0.1) is 0 Å². The van der Waals surface area contributed by atoms with Crippen LogP contribution in [0.3, 0.4) is 0 Å². The van der Waals surface area contributed by atoms with Gasteiger partial charge in [-0.1, -0.05) is 39.5 Å². The summed E-state index contributed by atoms with van der Waals surface area (Å²) in [6.07, 6.45) is 9.76. The van der Waals surface area contributed by atoms with Gasteiger partial charge in [0, 0.05) is 6.04 Å². The highest BCUT2D eigenvalue weighted by atomic mass is 15.1. The Morgan fingerprint density at radius 1 is 1.12 bits per heavy atom. The molecule has 2 heteroatoms. The van der Waals surface area contributed by atoms with E-state index in [1.54, 1.807) is 0 Å². The van der Waals surface area contributed by atoms with E-state index in [4.69, 9.17) is 5.73 Å². The van der Waals surface area contributed by atoms with Gasteiger partial charge in [0.05, 0.1) is 0 Å². The summed E-state index contributed by atoms with van der Waals surface area (Å²) in [5.41, 5.74) is 6.08. The Kier molecular flexibility index (Phi) is 5.77. The van der Waals surface area contributed by atoms with Crippen LogP contribution in [0.5, 0.6) is 0 Å². The van der Waals surface area contributed by atoms with Crippen molar-refractivity contribution in [1.82, 2.24) is 4.90 Å². The topological polar surface area (TPSA) is 29.3 Å². The minimum atomic E-state index is 0.305. The molecule has 2 N–H and O–H groups in total. The highest BCUT2D eigenvalue weighted by Gasteiger charge is 2.20. The van der Waals surface area contributed by atoms with Gasteiger partial charge in [0.25, 0.3) is 0 Å². The van der Waals surface area contributed by atoms with Crippen molar-refractivity contribution in [3.63, 3.8) is 0 Å². The van der Waals surface area contributed by atoms with E-state index in [1.165, 1.54) is 51.5 Å². The zero-order valence-electron chi connectivity index (χ0n) is 11.5. The van der Waals surface area contributed by atoms with E-state index >= 15 is 0 Å². The Morgan fingerprint density at radius 3 is 2.19 bits per heavy atom. The van der Waals surface area contributed by atoms with Crippen LogP contribution >= 0.6 is 0 Å². The smallest absolute Gasteiger partial charge is 0.00922 e. The van der Waals surface area contributed by atoms with E-state index in [9.17, 15) is 0 Å². The van der Waals surface area contributed by atoms with Crippen molar-refractivity contribution in [2.45, 2.75) is 64.8 Å². The Morgan fingerprint density at radius 2 is 1.69 bits per heavy atom. The number of hydrogen-bond donors (Lipinski definition) is 1. The highest BCUT2D eigenvalue weighted by molar-refractivity contribution is 4.76. The first-order valence-corrected chi connectivity index (χ1v) is 6.95. The molecule has 0 heterocycles. The second-order valence-corrected chi connectivity index (χ2v) is 6.24. The third-order valence-electron chi connectivity index (χ3n) is 4.14. The monoisotopic (exact) mass is 226 g/mol. The predicted molar refractivity (Wildman–Crippen MR) is 71.6 cm³/mol. The van der Waals surface area contributed by atoms with Crippen LogP contribution in [0.25, 0.3) is 0 Å². The van der Waals surface area contributed by atoms with Crippen LogP contribution in [-0.2, 0) is 0 Å². The summed E-state index contributed by atoms with van der Waals surface area (Å²) in [5, 5.41) is 0. The van der Waals surface area contributed by atoms with Gasteiger partial charge in [0.15, 0.2) is 0 Å². The van der Waals surface area contributed by atoms with Gasteiger partial charge >= 0.3 is 0 Å². The molecule has 0 aromatic rings. The van der Waals surface area contributed by atoms with E-state index in [1.807, 2.05) is 0 Å². The molecule has 0 aliphatic heterocycles. The van der Waals surface area contributed by atoms with Crippen LogP contribution in [-0.4, -0.2) is 31.1 Å². The van der Waals surface area contributed by atoms with Gasteiger partial charge in [-0.3, -0.25) is 0 Å².